The Kier molecular flexibility index (Phi) is 4.86. The van der Waals surface area contributed by atoms with Crippen molar-refractivity contribution >= 4 is 0 Å². The van der Waals surface area contributed by atoms with E-state index in [0.717, 1.165) is 24.2 Å². The van der Waals surface area contributed by atoms with Crippen LogP contribution in [0.15, 0.2) is 12.5 Å². The molecule has 0 atom stereocenters. The van der Waals surface area contributed by atoms with Crippen LogP contribution < -0.4 is 0 Å². The SMILES string of the molecule is CC(C)CC(Cc1cnc[nH]1)CC(C)C. The van der Waals surface area contributed by atoms with Crippen LogP contribution in [0.2, 0.25) is 0 Å². The van der Waals surface area contributed by atoms with Crippen molar-refractivity contribution in [2.75, 3.05) is 0 Å². The van der Waals surface area contributed by atoms with Gasteiger partial charge in [0.1, 0.15) is 0 Å². The second-order valence-electron chi connectivity index (χ2n) is 5.41. The number of nitrogens with one attached hydrogen (secondary N) is 1. The fraction of sp³-hybridized carbons (Fsp3) is 0.769. The monoisotopic (exact) mass is 208 g/mol. The molecule has 0 unspecified atom stereocenters. The molecule has 1 N–H and O–H groups in total. The molecule has 0 aliphatic heterocycles. The highest BCUT2D eigenvalue weighted by molar-refractivity contribution is 4.96. The third-order valence-corrected chi connectivity index (χ3v) is 2.67. The van der Waals surface area contributed by atoms with E-state index in [1.54, 1.807) is 6.33 Å². The van der Waals surface area contributed by atoms with E-state index in [1.807, 2.05) is 6.20 Å². The van der Waals surface area contributed by atoms with E-state index >= 15 is 0 Å². The molecule has 0 saturated carbocycles. The number of aromatic amines is 1. The van der Waals surface area contributed by atoms with Gasteiger partial charge in [-0.3, -0.25) is 0 Å². The third kappa shape index (κ3) is 5.01. The van der Waals surface area contributed by atoms with Crippen molar-refractivity contribution in [3.05, 3.63) is 18.2 Å². The normalized spacial score (nSPS) is 11.9. The van der Waals surface area contributed by atoms with E-state index < -0.39 is 0 Å². The molecule has 0 aliphatic rings. The third-order valence-electron chi connectivity index (χ3n) is 2.67. The van der Waals surface area contributed by atoms with Gasteiger partial charge in [0.05, 0.1) is 6.33 Å². The number of aromatic nitrogens is 2. The molecule has 0 amide bonds. The van der Waals surface area contributed by atoms with Gasteiger partial charge in [-0.2, -0.15) is 0 Å². The standard InChI is InChI=1S/C13H24N2/c1-10(2)5-12(6-11(3)4)7-13-8-14-9-15-13/h8-12H,5-7H2,1-4H3,(H,14,15). The van der Waals surface area contributed by atoms with Crippen LogP contribution >= 0.6 is 0 Å². The molecule has 2 heteroatoms. The van der Waals surface area contributed by atoms with Crippen LogP contribution in [0.5, 0.6) is 0 Å². The summed E-state index contributed by atoms with van der Waals surface area (Å²) in [4.78, 5) is 7.28. The summed E-state index contributed by atoms with van der Waals surface area (Å²) in [6, 6.07) is 0. The Labute approximate surface area is 93.5 Å². The van der Waals surface area contributed by atoms with E-state index in [2.05, 4.69) is 37.7 Å². The molecular formula is C13H24N2. The largest absolute Gasteiger partial charge is 0.348 e. The van der Waals surface area contributed by atoms with Crippen LogP contribution in [-0.2, 0) is 6.42 Å². The lowest BCUT2D eigenvalue weighted by molar-refractivity contribution is 0.339. The summed E-state index contributed by atoms with van der Waals surface area (Å²) >= 11 is 0. The maximum absolute atomic E-state index is 4.08. The molecular weight excluding hydrogens is 184 g/mol. The fourth-order valence-electron chi connectivity index (χ4n) is 2.30. The Bertz CT molecular complexity index is 240. The second kappa shape index (κ2) is 5.94. The maximum atomic E-state index is 4.08. The first kappa shape index (κ1) is 12.3. The van der Waals surface area contributed by atoms with Crippen molar-refractivity contribution < 1.29 is 0 Å². The average Bonchev–Trinajstić information content (AvgIpc) is 2.53. The average molecular weight is 208 g/mol. The van der Waals surface area contributed by atoms with E-state index in [-0.39, 0.29) is 0 Å². The van der Waals surface area contributed by atoms with Gasteiger partial charge in [0.25, 0.3) is 0 Å². The second-order valence-corrected chi connectivity index (χ2v) is 5.41. The predicted molar refractivity (Wildman–Crippen MR) is 64.7 cm³/mol. The number of H-pyrrole nitrogens is 1. The molecule has 1 aromatic heterocycles. The lowest BCUT2D eigenvalue weighted by Crippen LogP contribution is -2.11. The zero-order valence-corrected chi connectivity index (χ0v) is 10.5. The van der Waals surface area contributed by atoms with Gasteiger partial charge < -0.3 is 4.98 Å². The highest BCUT2D eigenvalue weighted by Gasteiger charge is 2.14. The molecule has 1 heterocycles. The van der Waals surface area contributed by atoms with Crippen molar-refractivity contribution in [2.45, 2.75) is 47.0 Å². The molecule has 1 aromatic rings. The highest BCUT2D eigenvalue weighted by Crippen LogP contribution is 2.23. The summed E-state index contributed by atoms with van der Waals surface area (Å²) < 4.78 is 0. The summed E-state index contributed by atoms with van der Waals surface area (Å²) in [6.07, 6.45) is 7.51. The summed E-state index contributed by atoms with van der Waals surface area (Å²) in [6.45, 7) is 9.22. The molecule has 15 heavy (non-hydrogen) atoms. The van der Waals surface area contributed by atoms with Crippen molar-refractivity contribution in [2.24, 2.45) is 17.8 Å². The van der Waals surface area contributed by atoms with E-state index in [0.29, 0.717) is 0 Å². The van der Waals surface area contributed by atoms with Gasteiger partial charge in [-0.25, -0.2) is 4.98 Å². The molecule has 1 rings (SSSR count). The molecule has 2 nitrogen and oxygen atoms in total. The minimum absolute atomic E-state index is 0.789. The fourth-order valence-corrected chi connectivity index (χ4v) is 2.30. The van der Waals surface area contributed by atoms with Crippen LogP contribution in [0.25, 0.3) is 0 Å². The number of imidazole rings is 1. The van der Waals surface area contributed by atoms with Gasteiger partial charge in [0, 0.05) is 11.9 Å². The molecule has 0 aliphatic carbocycles. The predicted octanol–water partition coefficient (Wildman–Crippen LogP) is 3.66. The van der Waals surface area contributed by atoms with Gasteiger partial charge >= 0.3 is 0 Å². The Morgan fingerprint density at radius 2 is 1.73 bits per heavy atom. The lowest BCUT2D eigenvalue weighted by Gasteiger charge is -2.20. The van der Waals surface area contributed by atoms with Gasteiger partial charge in [-0.1, -0.05) is 27.7 Å². The van der Waals surface area contributed by atoms with E-state index in [4.69, 9.17) is 0 Å². The maximum Gasteiger partial charge on any atom is 0.0921 e. The first-order valence-corrected chi connectivity index (χ1v) is 6.05. The number of nitrogens with zero attached hydrogens (tertiary/aromatic N) is 1. The zero-order chi connectivity index (χ0) is 11.3. The lowest BCUT2D eigenvalue weighted by atomic mass is 9.86. The van der Waals surface area contributed by atoms with Crippen molar-refractivity contribution in [3.63, 3.8) is 0 Å². The first-order valence-electron chi connectivity index (χ1n) is 6.05. The Morgan fingerprint density at radius 1 is 1.13 bits per heavy atom. The van der Waals surface area contributed by atoms with E-state index in [1.165, 1.54) is 18.5 Å². The van der Waals surface area contributed by atoms with Crippen LogP contribution in [-0.4, -0.2) is 9.97 Å². The number of hydrogen-bond acceptors (Lipinski definition) is 1. The Morgan fingerprint density at radius 3 is 2.13 bits per heavy atom. The van der Waals surface area contributed by atoms with Crippen molar-refractivity contribution in [3.8, 4) is 0 Å². The molecule has 0 radical (unpaired) electrons. The minimum Gasteiger partial charge on any atom is -0.348 e. The summed E-state index contributed by atoms with van der Waals surface area (Å²) in [7, 11) is 0. The zero-order valence-electron chi connectivity index (χ0n) is 10.5. The summed E-state index contributed by atoms with van der Waals surface area (Å²) in [5.74, 6) is 2.37. The van der Waals surface area contributed by atoms with Crippen LogP contribution in [0.3, 0.4) is 0 Å². The first-order chi connectivity index (χ1) is 7.08. The molecule has 0 spiro atoms. The smallest absolute Gasteiger partial charge is 0.0921 e. The molecule has 86 valence electrons. The molecule has 0 saturated heterocycles. The van der Waals surface area contributed by atoms with Crippen LogP contribution in [0.1, 0.15) is 46.2 Å². The van der Waals surface area contributed by atoms with Crippen molar-refractivity contribution in [1.82, 2.24) is 9.97 Å². The van der Waals surface area contributed by atoms with Gasteiger partial charge in [0.15, 0.2) is 0 Å². The Balaban J connectivity index is 2.48. The molecule has 0 aromatic carbocycles. The Hall–Kier alpha value is -0.790. The molecule has 0 fully saturated rings. The topological polar surface area (TPSA) is 28.7 Å². The summed E-state index contributed by atoms with van der Waals surface area (Å²) in [5.41, 5.74) is 1.28. The van der Waals surface area contributed by atoms with Crippen molar-refractivity contribution in [1.29, 1.82) is 0 Å². The van der Waals surface area contributed by atoms with Crippen LogP contribution in [0, 0.1) is 17.8 Å². The summed E-state index contributed by atoms with van der Waals surface area (Å²) in [5, 5.41) is 0. The van der Waals surface area contributed by atoms with Crippen LogP contribution in [0.4, 0.5) is 0 Å². The molecule has 0 bridgehead atoms. The van der Waals surface area contributed by atoms with Gasteiger partial charge in [-0.15, -0.1) is 0 Å². The minimum atomic E-state index is 0.789. The number of rotatable bonds is 6. The van der Waals surface area contributed by atoms with E-state index in [9.17, 15) is 0 Å². The quantitative estimate of drug-likeness (QED) is 0.759. The van der Waals surface area contributed by atoms with Gasteiger partial charge in [-0.05, 0) is 37.0 Å². The number of hydrogen-bond donors (Lipinski definition) is 1. The van der Waals surface area contributed by atoms with Gasteiger partial charge in [0.2, 0.25) is 0 Å². The highest BCUT2D eigenvalue weighted by atomic mass is 14.9.